The third-order valence-corrected chi connectivity index (χ3v) is 4.27. The molecule has 3 rings (SSSR count). The summed E-state index contributed by atoms with van der Waals surface area (Å²) < 4.78 is 5.43. The molecular weight excluding hydrogens is 316 g/mol. The Morgan fingerprint density at radius 2 is 1.92 bits per heavy atom. The van der Waals surface area contributed by atoms with Crippen LogP contribution >= 0.6 is 0 Å². The van der Waals surface area contributed by atoms with Crippen molar-refractivity contribution in [1.29, 1.82) is 0 Å². The Morgan fingerprint density at radius 1 is 1.24 bits per heavy atom. The highest BCUT2D eigenvalue weighted by Gasteiger charge is 2.24. The van der Waals surface area contributed by atoms with Gasteiger partial charge in [-0.1, -0.05) is 35.5 Å². The number of amides is 1. The molecule has 2 aliphatic rings. The van der Waals surface area contributed by atoms with Crippen LogP contribution in [-0.4, -0.2) is 41.5 Å². The Labute approximate surface area is 149 Å². The van der Waals surface area contributed by atoms with Crippen LogP contribution in [0.5, 0.6) is 0 Å². The lowest BCUT2D eigenvalue weighted by Gasteiger charge is -2.29. The van der Waals surface area contributed by atoms with Gasteiger partial charge in [-0.3, -0.25) is 0 Å². The molecule has 0 fully saturated rings. The maximum atomic E-state index is 12.1. The van der Waals surface area contributed by atoms with Crippen LogP contribution < -0.4 is 0 Å². The van der Waals surface area contributed by atoms with E-state index in [2.05, 4.69) is 35.5 Å². The van der Waals surface area contributed by atoms with Gasteiger partial charge in [0, 0.05) is 19.5 Å². The maximum Gasteiger partial charge on any atom is 0.410 e. The summed E-state index contributed by atoms with van der Waals surface area (Å²) >= 11 is 0. The van der Waals surface area contributed by atoms with Crippen molar-refractivity contribution in [2.24, 2.45) is 5.16 Å². The Morgan fingerprint density at radius 3 is 2.44 bits per heavy atom. The molecule has 0 radical (unpaired) electrons. The summed E-state index contributed by atoms with van der Waals surface area (Å²) in [6, 6.07) is 8.43. The number of ether oxygens (including phenoxy) is 1. The van der Waals surface area contributed by atoms with Crippen LogP contribution in [0, 0.1) is 0 Å². The molecule has 2 aliphatic heterocycles. The Balaban J connectivity index is 1.63. The molecule has 0 spiro atoms. The van der Waals surface area contributed by atoms with Gasteiger partial charge in [-0.05, 0) is 50.8 Å². The monoisotopic (exact) mass is 342 g/mol. The fourth-order valence-corrected chi connectivity index (χ4v) is 2.97. The quantitative estimate of drug-likeness (QED) is 0.808. The van der Waals surface area contributed by atoms with Gasteiger partial charge in [0.2, 0.25) is 0 Å². The van der Waals surface area contributed by atoms with Gasteiger partial charge in [0.25, 0.3) is 0 Å². The summed E-state index contributed by atoms with van der Waals surface area (Å²) in [5, 5.41) is 4.13. The highest BCUT2D eigenvalue weighted by molar-refractivity contribution is 6.01. The number of carbonyl (C=O) groups is 1. The Hall–Kier alpha value is -2.30. The minimum Gasteiger partial charge on any atom is -0.444 e. The van der Waals surface area contributed by atoms with Crippen molar-refractivity contribution in [3.63, 3.8) is 0 Å². The van der Waals surface area contributed by atoms with Crippen molar-refractivity contribution >= 4 is 17.4 Å². The average molecular weight is 342 g/mol. The van der Waals surface area contributed by atoms with Crippen molar-refractivity contribution in [1.82, 2.24) is 4.90 Å². The molecule has 0 saturated carbocycles. The molecule has 5 nitrogen and oxygen atoms in total. The number of nitrogens with zero attached hydrogens (tertiary/aromatic N) is 2. The second-order valence-corrected chi connectivity index (χ2v) is 7.64. The van der Waals surface area contributed by atoms with E-state index in [1.807, 2.05) is 27.7 Å². The molecule has 1 aromatic rings. The third-order valence-electron chi connectivity index (χ3n) is 4.27. The van der Waals surface area contributed by atoms with Crippen molar-refractivity contribution < 1.29 is 14.4 Å². The average Bonchev–Trinajstić information content (AvgIpc) is 3.00. The van der Waals surface area contributed by atoms with E-state index in [4.69, 9.17) is 9.57 Å². The van der Waals surface area contributed by atoms with E-state index in [-0.39, 0.29) is 12.2 Å². The number of benzene rings is 1. The number of carbonyl (C=O) groups excluding carboxylic acids is 1. The lowest BCUT2D eigenvalue weighted by molar-refractivity contribution is 0.0270. The normalized spacial score (nSPS) is 20.6. The molecule has 25 heavy (non-hydrogen) atoms. The highest BCUT2D eigenvalue weighted by Crippen LogP contribution is 2.25. The lowest BCUT2D eigenvalue weighted by atomic mass is 9.97. The molecule has 1 atom stereocenters. The fraction of sp³-hybridized carbons (Fsp3) is 0.500. The van der Waals surface area contributed by atoms with Gasteiger partial charge in [0.15, 0.2) is 0 Å². The molecule has 0 N–H and O–H groups in total. The first-order valence-corrected chi connectivity index (χ1v) is 8.82. The molecule has 1 unspecified atom stereocenters. The van der Waals surface area contributed by atoms with Crippen molar-refractivity contribution in [2.45, 2.75) is 52.2 Å². The minimum atomic E-state index is -0.457. The Bertz CT molecular complexity index is 699. The van der Waals surface area contributed by atoms with Gasteiger partial charge >= 0.3 is 6.09 Å². The predicted molar refractivity (Wildman–Crippen MR) is 98.5 cm³/mol. The van der Waals surface area contributed by atoms with Crippen LogP contribution in [0.1, 0.15) is 51.7 Å². The summed E-state index contributed by atoms with van der Waals surface area (Å²) in [7, 11) is 0. The van der Waals surface area contributed by atoms with Crippen LogP contribution in [0.3, 0.4) is 0 Å². The molecule has 5 heteroatoms. The van der Waals surface area contributed by atoms with Gasteiger partial charge < -0.3 is 14.5 Å². The maximum absolute atomic E-state index is 12.1. The first-order chi connectivity index (χ1) is 11.8. The zero-order valence-electron chi connectivity index (χ0n) is 15.4. The molecule has 2 heterocycles. The second-order valence-electron chi connectivity index (χ2n) is 7.64. The van der Waals surface area contributed by atoms with Gasteiger partial charge in [-0.25, -0.2) is 4.79 Å². The largest absolute Gasteiger partial charge is 0.444 e. The van der Waals surface area contributed by atoms with Crippen molar-refractivity contribution in [3.8, 4) is 0 Å². The zero-order chi connectivity index (χ0) is 18.0. The summed E-state index contributed by atoms with van der Waals surface area (Å²) in [5.41, 5.74) is 4.12. The topological polar surface area (TPSA) is 51.1 Å². The summed E-state index contributed by atoms with van der Waals surface area (Å²) in [4.78, 5) is 19.1. The lowest BCUT2D eigenvalue weighted by Crippen LogP contribution is -2.39. The molecule has 134 valence electrons. The van der Waals surface area contributed by atoms with Gasteiger partial charge in [0.05, 0.1) is 5.71 Å². The van der Waals surface area contributed by atoms with Crippen molar-refractivity contribution in [2.75, 3.05) is 13.1 Å². The Kier molecular flexibility index (Phi) is 4.84. The summed E-state index contributed by atoms with van der Waals surface area (Å²) in [5.74, 6) is 0. The summed E-state index contributed by atoms with van der Waals surface area (Å²) in [6.07, 6.45) is 3.72. The number of hydrogen-bond acceptors (Lipinski definition) is 4. The van der Waals surface area contributed by atoms with Crippen LogP contribution in [-0.2, 0) is 9.57 Å². The van der Waals surface area contributed by atoms with Gasteiger partial charge in [-0.15, -0.1) is 0 Å². The molecule has 0 saturated heterocycles. The number of rotatable bonds is 2. The molecular formula is C20H26N2O3. The fourth-order valence-electron chi connectivity index (χ4n) is 2.97. The van der Waals surface area contributed by atoms with Gasteiger partial charge in [-0.2, -0.15) is 0 Å². The first kappa shape index (κ1) is 17.5. The second kappa shape index (κ2) is 6.90. The van der Waals surface area contributed by atoms with E-state index in [1.165, 1.54) is 11.1 Å². The van der Waals surface area contributed by atoms with E-state index in [0.717, 1.165) is 24.1 Å². The van der Waals surface area contributed by atoms with Crippen LogP contribution in [0.2, 0.25) is 0 Å². The molecule has 0 aromatic heterocycles. The van der Waals surface area contributed by atoms with Crippen LogP contribution in [0.15, 0.2) is 35.5 Å². The van der Waals surface area contributed by atoms with Crippen LogP contribution in [0.4, 0.5) is 4.79 Å². The van der Waals surface area contributed by atoms with E-state index in [0.29, 0.717) is 13.1 Å². The molecule has 0 bridgehead atoms. The van der Waals surface area contributed by atoms with E-state index < -0.39 is 5.60 Å². The SMILES string of the molecule is CC1CC(c2ccc(C3=CCN(C(=O)OC(C)(C)C)CC3)cc2)=NO1. The van der Waals surface area contributed by atoms with Gasteiger partial charge in [0.1, 0.15) is 11.7 Å². The number of hydrogen-bond donors (Lipinski definition) is 0. The predicted octanol–water partition coefficient (Wildman–Crippen LogP) is 4.22. The van der Waals surface area contributed by atoms with Crippen molar-refractivity contribution in [3.05, 3.63) is 41.5 Å². The number of oxime groups is 1. The molecule has 0 aliphatic carbocycles. The van der Waals surface area contributed by atoms with Crippen LogP contribution in [0.25, 0.3) is 5.57 Å². The zero-order valence-corrected chi connectivity index (χ0v) is 15.4. The smallest absolute Gasteiger partial charge is 0.410 e. The molecule has 1 aromatic carbocycles. The summed E-state index contributed by atoms with van der Waals surface area (Å²) in [6.45, 7) is 8.95. The molecule has 1 amide bonds. The first-order valence-electron chi connectivity index (χ1n) is 8.82. The third kappa shape index (κ3) is 4.41. The minimum absolute atomic E-state index is 0.162. The van der Waals surface area contributed by atoms with E-state index in [1.54, 1.807) is 4.90 Å². The van der Waals surface area contributed by atoms with E-state index in [9.17, 15) is 4.79 Å². The highest BCUT2D eigenvalue weighted by atomic mass is 16.6. The van der Waals surface area contributed by atoms with E-state index >= 15 is 0 Å². The standard InChI is InChI=1S/C20H26N2O3/c1-14-13-18(21-25-14)17-7-5-15(6-8-17)16-9-11-22(12-10-16)19(23)24-20(2,3)4/h5-9,14H,10-13H2,1-4H3.